The highest BCUT2D eigenvalue weighted by molar-refractivity contribution is 5.80. The van der Waals surface area contributed by atoms with Gasteiger partial charge in [0.05, 0.1) is 5.69 Å². The van der Waals surface area contributed by atoms with E-state index in [0.717, 1.165) is 44.7 Å². The second-order valence-corrected chi connectivity index (χ2v) is 7.32. The van der Waals surface area contributed by atoms with Gasteiger partial charge in [-0.2, -0.15) is 0 Å². The maximum Gasteiger partial charge on any atom is 0.251 e. The van der Waals surface area contributed by atoms with Crippen LogP contribution in [0.25, 0.3) is 10.9 Å². The number of aromatic nitrogens is 3. The predicted octanol–water partition coefficient (Wildman–Crippen LogP) is 3.43. The summed E-state index contributed by atoms with van der Waals surface area (Å²) in [7, 11) is 0. The molecule has 1 N–H and O–H groups in total. The summed E-state index contributed by atoms with van der Waals surface area (Å²) >= 11 is 0. The zero-order valence-electron chi connectivity index (χ0n) is 15.5. The SMILES string of the molecule is CCn1ccc2cc(CN3CCC[C@@H](c4cc(=O)[nH]c(C)n4)C3)ccc21. The number of aryl methyl sites for hydroxylation is 2. The molecular weight excluding hydrogens is 324 g/mol. The maximum atomic E-state index is 11.8. The molecule has 3 aromatic rings. The van der Waals surface area contributed by atoms with Gasteiger partial charge in [0.25, 0.3) is 5.56 Å². The molecule has 4 rings (SSSR count). The van der Waals surface area contributed by atoms with E-state index in [9.17, 15) is 4.79 Å². The van der Waals surface area contributed by atoms with Crippen LogP contribution in [0, 0.1) is 6.92 Å². The summed E-state index contributed by atoms with van der Waals surface area (Å²) in [6, 6.07) is 10.6. The molecule has 3 heterocycles. The van der Waals surface area contributed by atoms with Crippen LogP contribution in [-0.4, -0.2) is 32.5 Å². The molecule has 2 aromatic heterocycles. The molecule has 1 atom stereocenters. The lowest BCUT2D eigenvalue weighted by molar-refractivity contribution is 0.198. The molecule has 0 spiro atoms. The van der Waals surface area contributed by atoms with Crippen molar-refractivity contribution in [3.05, 3.63) is 64.0 Å². The van der Waals surface area contributed by atoms with Gasteiger partial charge in [-0.1, -0.05) is 6.07 Å². The number of fused-ring (bicyclic) bond motifs is 1. The van der Waals surface area contributed by atoms with Crippen molar-refractivity contribution < 1.29 is 0 Å². The second-order valence-electron chi connectivity index (χ2n) is 7.32. The van der Waals surface area contributed by atoms with Crippen molar-refractivity contribution in [1.29, 1.82) is 0 Å². The van der Waals surface area contributed by atoms with E-state index in [4.69, 9.17) is 0 Å². The summed E-state index contributed by atoms with van der Waals surface area (Å²) in [6.45, 7) is 8.04. The highest BCUT2D eigenvalue weighted by Crippen LogP contribution is 2.27. The zero-order chi connectivity index (χ0) is 18.1. The highest BCUT2D eigenvalue weighted by Gasteiger charge is 2.23. The largest absolute Gasteiger partial charge is 0.348 e. The molecule has 0 unspecified atom stereocenters. The number of rotatable bonds is 4. The average Bonchev–Trinajstić information content (AvgIpc) is 3.03. The van der Waals surface area contributed by atoms with Crippen molar-refractivity contribution in [2.45, 2.75) is 45.7 Å². The lowest BCUT2D eigenvalue weighted by Gasteiger charge is -2.32. The fourth-order valence-electron chi connectivity index (χ4n) is 4.13. The Labute approximate surface area is 153 Å². The predicted molar refractivity (Wildman–Crippen MR) is 104 cm³/mol. The van der Waals surface area contributed by atoms with Crippen LogP contribution in [0.5, 0.6) is 0 Å². The number of hydrogen-bond acceptors (Lipinski definition) is 3. The Morgan fingerprint density at radius 1 is 1.27 bits per heavy atom. The van der Waals surface area contributed by atoms with Gasteiger partial charge in [0, 0.05) is 43.3 Å². The Kier molecular flexibility index (Phi) is 4.64. The number of aromatic amines is 1. The van der Waals surface area contributed by atoms with E-state index < -0.39 is 0 Å². The van der Waals surface area contributed by atoms with Crippen molar-refractivity contribution >= 4 is 10.9 Å². The normalized spacial score (nSPS) is 18.5. The van der Waals surface area contributed by atoms with E-state index in [1.807, 2.05) is 6.92 Å². The first-order chi connectivity index (χ1) is 12.6. The van der Waals surface area contributed by atoms with Crippen LogP contribution >= 0.6 is 0 Å². The molecule has 0 bridgehead atoms. The molecule has 1 aromatic carbocycles. The van der Waals surface area contributed by atoms with Crippen LogP contribution < -0.4 is 5.56 Å². The second kappa shape index (κ2) is 7.08. The number of benzene rings is 1. The van der Waals surface area contributed by atoms with Crippen molar-refractivity contribution in [2.24, 2.45) is 0 Å². The first-order valence-corrected chi connectivity index (χ1v) is 9.50. The molecule has 136 valence electrons. The van der Waals surface area contributed by atoms with Gasteiger partial charge in [0.15, 0.2) is 0 Å². The Morgan fingerprint density at radius 3 is 2.96 bits per heavy atom. The third kappa shape index (κ3) is 3.44. The molecule has 0 radical (unpaired) electrons. The minimum Gasteiger partial charge on any atom is -0.348 e. The topological polar surface area (TPSA) is 53.9 Å². The van der Waals surface area contributed by atoms with Gasteiger partial charge in [-0.05, 0) is 62.4 Å². The fraction of sp³-hybridized carbons (Fsp3) is 0.429. The van der Waals surface area contributed by atoms with E-state index in [1.165, 1.54) is 16.5 Å². The van der Waals surface area contributed by atoms with Gasteiger partial charge >= 0.3 is 0 Å². The molecule has 1 aliphatic rings. The Hall–Kier alpha value is -2.40. The first-order valence-electron chi connectivity index (χ1n) is 9.50. The van der Waals surface area contributed by atoms with Gasteiger partial charge in [-0.15, -0.1) is 0 Å². The summed E-state index contributed by atoms with van der Waals surface area (Å²) in [6.07, 6.45) is 4.41. The summed E-state index contributed by atoms with van der Waals surface area (Å²) in [5.41, 5.74) is 3.54. The number of piperidine rings is 1. The zero-order valence-corrected chi connectivity index (χ0v) is 15.5. The number of nitrogens with one attached hydrogen (secondary N) is 1. The van der Waals surface area contributed by atoms with Crippen LogP contribution in [0.15, 0.2) is 41.3 Å². The van der Waals surface area contributed by atoms with Gasteiger partial charge < -0.3 is 9.55 Å². The Bertz CT molecular complexity index is 972. The molecule has 5 nitrogen and oxygen atoms in total. The molecule has 0 amide bonds. The summed E-state index contributed by atoms with van der Waals surface area (Å²) in [5, 5.41) is 1.31. The average molecular weight is 350 g/mol. The van der Waals surface area contributed by atoms with E-state index in [1.54, 1.807) is 6.07 Å². The molecule has 0 saturated carbocycles. The molecule has 0 aliphatic carbocycles. The van der Waals surface area contributed by atoms with E-state index >= 15 is 0 Å². The van der Waals surface area contributed by atoms with E-state index in [0.29, 0.717) is 11.7 Å². The van der Waals surface area contributed by atoms with Crippen molar-refractivity contribution in [2.75, 3.05) is 13.1 Å². The Morgan fingerprint density at radius 2 is 2.15 bits per heavy atom. The van der Waals surface area contributed by atoms with E-state index in [2.05, 4.69) is 56.8 Å². The van der Waals surface area contributed by atoms with Crippen LogP contribution in [0.2, 0.25) is 0 Å². The monoisotopic (exact) mass is 350 g/mol. The van der Waals surface area contributed by atoms with Crippen LogP contribution in [0.1, 0.15) is 42.8 Å². The highest BCUT2D eigenvalue weighted by atomic mass is 16.1. The third-order valence-electron chi connectivity index (χ3n) is 5.39. The molecular formula is C21H26N4O. The van der Waals surface area contributed by atoms with Crippen LogP contribution in [-0.2, 0) is 13.1 Å². The van der Waals surface area contributed by atoms with Crippen LogP contribution in [0.4, 0.5) is 0 Å². The van der Waals surface area contributed by atoms with E-state index in [-0.39, 0.29) is 5.56 Å². The van der Waals surface area contributed by atoms with Gasteiger partial charge in [0.2, 0.25) is 0 Å². The lowest BCUT2D eigenvalue weighted by atomic mass is 9.94. The van der Waals surface area contributed by atoms with Gasteiger partial charge in [-0.3, -0.25) is 9.69 Å². The number of likely N-dealkylation sites (tertiary alicyclic amines) is 1. The first kappa shape index (κ1) is 17.0. The van der Waals surface area contributed by atoms with Crippen LogP contribution in [0.3, 0.4) is 0 Å². The maximum absolute atomic E-state index is 11.8. The molecule has 1 fully saturated rings. The minimum atomic E-state index is -0.0458. The molecule has 26 heavy (non-hydrogen) atoms. The van der Waals surface area contributed by atoms with Crippen molar-refractivity contribution in [1.82, 2.24) is 19.4 Å². The smallest absolute Gasteiger partial charge is 0.251 e. The summed E-state index contributed by atoms with van der Waals surface area (Å²) in [5.74, 6) is 1.05. The number of nitrogens with zero attached hydrogens (tertiary/aromatic N) is 3. The Balaban J connectivity index is 1.50. The van der Waals surface area contributed by atoms with Crippen molar-refractivity contribution in [3.8, 4) is 0 Å². The molecule has 1 aliphatic heterocycles. The fourth-order valence-corrected chi connectivity index (χ4v) is 4.13. The molecule has 1 saturated heterocycles. The minimum absolute atomic E-state index is 0.0458. The van der Waals surface area contributed by atoms with Gasteiger partial charge in [-0.25, -0.2) is 4.98 Å². The van der Waals surface area contributed by atoms with Gasteiger partial charge in [0.1, 0.15) is 5.82 Å². The lowest BCUT2D eigenvalue weighted by Crippen LogP contribution is -2.34. The quantitative estimate of drug-likeness (QED) is 0.784. The third-order valence-corrected chi connectivity index (χ3v) is 5.39. The number of hydrogen-bond donors (Lipinski definition) is 1. The summed E-state index contributed by atoms with van der Waals surface area (Å²) < 4.78 is 2.27. The van der Waals surface area contributed by atoms with Crippen molar-refractivity contribution in [3.63, 3.8) is 0 Å². The standard InChI is InChI=1S/C21H26N4O/c1-3-25-10-8-17-11-16(6-7-20(17)25)13-24-9-4-5-18(14-24)19-12-21(26)23-15(2)22-19/h6-8,10-12,18H,3-5,9,13-14H2,1-2H3,(H,22,23,26)/t18-/m1/s1. The molecule has 5 heteroatoms. The number of H-pyrrole nitrogens is 1. The summed E-state index contributed by atoms with van der Waals surface area (Å²) in [4.78, 5) is 21.6.